The first-order valence-corrected chi connectivity index (χ1v) is 8.12. The fourth-order valence-electron chi connectivity index (χ4n) is 2.22. The third-order valence-corrected chi connectivity index (χ3v) is 6.05. The zero-order valence-corrected chi connectivity index (χ0v) is 13.9. The highest BCUT2D eigenvalue weighted by molar-refractivity contribution is 7.89. The Morgan fingerprint density at radius 1 is 1.15 bits per heavy atom. The van der Waals surface area contributed by atoms with Crippen LogP contribution in [0.1, 0.15) is 31.9 Å². The van der Waals surface area contributed by atoms with Crippen molar-refractivity contribution in [1.29, 1.82) is 0 Å². The molecule has 0 bridgehead atoms. The van der Waals surface area contributed by atoms with Crippen LogP contribution >= 0.6 is 0 Å². The van der Waals surface area contributed by atoms with Crippen LogP contribution in [0, 0.1) is 19.8 Å². The van der Waals surface area contributed by atoms with Crippen LogP contribution in [-0.4, -0.2) is 25.8 Å². The maximum Gasteiger partial charge on any atom is 0.243 e. The van der Waals surface area contributed by atoms with Crippen molar-refractivity contribution in [2.75, 3.05) is 12.5 Å². The molecule has 1 aromatic carbocycles. The van der Waals surface area contributed by atoms with Crippen LogP contribution in [0.15, 0.2) is 17.0 Å². The second kappa shape index (κ2) is 6.11. The van der Waals surface area contributed by atoms with Gasteiger partial charge in [0.15, 0.2) is 0 Å². The van der Waals surface area contributed by atoms with E-state index in [0.717, 1.165) is 0 Å². The number of benzene rings is 1. The predicted molar refractivity (Wildman–Crippen MR) is 83.0 cm³/mol. The lowest BCUT2D eigenvalue weighted by Crippen LogP contribution is -2.38. The van der Waals surface area contributed by atoms with Crippen LogP contribution in [0.4, 0.5) is 5.69 Å². The molecule has 0 spiro atoms. The summed E-state index contributed by atoms with van der Waals surface area (Å²) in [5.41, 5.74) is 4.65. The van der Waals surface area contributed by atoms with Gasteiger partial charge in [0.2, 0.25) is 10.0 Å². The average Bonchev–Trinajstić information content (AvgIpc) is 2.35. The lowest BCUT2D eigenvalue weighted by Gasteiger charge is -2.28. The van der Waals surface area contributed by atoms with Gasteiger partial charge in [-0.3, -0.25) is 5.84 Å². The number of nitrogens with one attached hydrogen (secondary N) is 1. The number of hydrogen-bond donors (Lipinski definition) is 2. The number of sulfonamides is 1. The molecule has 3 N–H and O–H groups in total. The van der Waals surface area contributed by atoms with Crippen molar-refractivity contribution >= 4 is 15.7 Å². The average molecular weight is 299 g/mol. The molecule has 0 aliphatic rings. The van der Waals surface area contributed by atoms with Crippen molar-refractivity contribution in [2.24, 2.45) is 11.8 Å². The first-order chi connectivity index (χ1) is 9.12. The fourth-order valence-corrected chi connectivity index (χ4v) is 4.12. The fraction of sp³-hybridized carbons (Fsp3) is 0.571. The Kier molecular flexibility index (Phi) is 5.18. The van der Waals surface area contributed by atoms with Gasteiger partial charge in [-0.1, -0.05) is 13.8 Å². The number of nitrogens with zero attached hydrogens (tertiary/aromatic N) is 1. The summed E-state index contributed by atoms with van der Waals surface area (Å²) >= 11 is 0. The van der Waals surface area contributed by atoms with Crippen LogP contribution in [-0.2, 0) is 10.0 Å². The van der Waals surface area contributed by atoms with E-state index in [9.17, 15) is 8.42 Å². The highest BCUT2D eigenvalue weighted by Gasteiger charge is 2.29. The SMILES string of the molecule is Cc1cc(NN)cc(C)c1S(=O)(=O)N(C)C(C)C(C)C. The molecule has 1 aromatic rings. The van der Waals surface area contributed by atoms with E-state index in [-0.39, 0.29) is 12.0 Å². The molecular formula is C14H25N3O2S. The minimum atomic E-state index is -3.50. The summed E-state index contributed by atoms with van der Waals surface area (Å²) in [6, 6.07) is 3.42. The molecule has 0 heterocycles. The number of nitrogen functional groups attached to an aromatic ring is 1. The third-order valence-electron chi connectivity index (χ3n) is 3.80. The smallest absolute Gasteiger partial charge is 0.243 e. The van der Waals surface area contributed by atoms with Gasteiger partial charge in [0.1, 0.15) is 0 Å². The van der Waals surface area contributed by atoms with Gasteiger partial charge in [0.05, 0.1) is 4.90 Å². The Balaban J connectivity index is 3.36. The number of rotatable bonds is 5. The maximum absolute atomic E-state index is 12.8. The molecular weight excluding hydrogens is 274 g/mol. The highest BCUT2D eigenvalue weighted by atomic mass is 32.2. The second-order valence-electron chi connectivity index (χ2n) is 5.59. The zero-order valence-electron chi connectivity index (χ0n) is 13.1. The maximum atomic E-state index is 12.8. The predicted octanol–water partition coefficient (Wildman–Crippen LogP) is 2.25. The topological polar surface area (TPSA) is 75.4 Å². The summed E-state index contributed by atoms with van der Waals surface area (Å²) in [7, 11) is -1.87. The molecule has 0 amide bonds. The number of nitrogens with two attached hydrogens (primary N) is 1. The largest absolute Gasteiger partial charge is 0.324 e. The molecule has 0 saturated heterocycles. The van der Waals surface area contributed by atoms with E-state index < -0.39 is 10.0 Å². The number of aryl methyl sites for hydroxylation is 2. The molecule has 1 rings (SSSR count). The van der Waals surface area contributed by atoms with E-state index in [1.807, 2.05) is 20.8 Å². The lowest BCUT2D eigenvalue weighted by molar-refractivity contribution is 0.315. The van der Waals surface area contributed by atoms with Crippen molar-refractivity contribution in [3.63, 3.8) is 0 Å². The van der Waals surface area contributed by atoms with E-state index in [1.165, 1.54) is 4.31 Å². The van der Waals surface area contributed by atoms with Crippen LogP contribution in [0.3, 0.4) is 0 Å². The highest BCUT2D eigenvalue weighted by Crippen LogP contribution is 2.28. The van der Waals surface area contributed by atoms with Gasteiger partial charge >= 0.3 is 0 Å². The molecule has 0 fully saturated rings. The number of hydrazine groups is 1. The summed E-state index contributed by atoms with van der Waals surface area (Å²) in [6.07, 6.45) is 0. The van der Waals surface area contributed by atoms with Gasteiger partial charge in [0, 0.05) is 18.8 Å². The van der Waals surface area contributed by atoms with Crippen molar-refractivity contribution in [3.8, 4) is 0 Å². The van der Waals surface area contributed by atoms with Crippen molar-refractivity contribution in [1.82, 2.24) is 4.31 Å². The molecule has 0 radical (unpaired) electrons. The first-order valence-electron chi connectivity index (χ1n) is 6.68. The number of anilines is 1. The van der Waals surface area contributed by atoms with Gasteiger partial charge in [-0.2, -0.15) is 4.31 Å². The second-order valence-corrected chi connectivity index (χ2v) is 7.52. The lowest BCUT2D eigenvalue weighted by atomic mass is 10.1. The molecule has 5 nitrogen and oxygen atoms in total. The molecule has 0 aliphatic heterocycles. The Morgan fingerprint density at radius 3 is 1.95 bits per heavy atom. The number of hydrogen-bond acceptors (Lipinski definition) is 4. The quantitative estimate of drug-likeness (QED) is 0.646. The van der Waals surface area contributed by atoms with Gasteiger partial charge in [-0.15, -0.1) is 0 Å². The van der Waals surface area contributed by atoms with E-state index in [0.29, 0.717) is 21.7 Å². The van der Waals surface area contributed by atoms with Crippen LogP contribution in [0.25, 0.3) is 0 Å². The minimum absolute atomic E-state index is 0.0638. The van der Waals surface area contributed by atoms with Crippen LogP contribution in [0.5, 0.6) is 0 Å². The summed E-state index contributed by atoms with van der Waals surface area (Å²) < 4.78 is 27.0. The Hall–Kier alpha value is -1.11. The monoisotopic (exact) mass is 299 g/mol. The normalized spacial score (nSPS) is 13.8. The minimum Gasteiger partial charge on any atom is -0.324 e. The Labute approximate surface area is 122 Å². The molecule has 1 unspecified atom stereocenters. The van der Waals surface area contributed by atoms with E-state index in [2.05, 4.69) is 5.43 Å². The molecule has 20 heavy (non-hydrogen) atoms. The van der Waals surface area contributed by atoms with Crippen LogP contribution in [0.2, 0.25) is 0 Å². The van der Waals surface area contributed by atoms with E-state index in [1.54, 1.807) is 33.0 Å². The third kappa shape index (κ3) is 3.13. The van der Waals surface area contributed by atoms with Crippen molar-refractivity contribution < 1.29 is 8.42 Å². The molecule has 114 valence electrons. The van der Waals surface area contributed by atoms with Gasteiger partial charge < -0.3 is 5.43 Å². The van der Waals surface area contributed by atoms with Crippen LogP contribution < -0.4 is 11.3 Å². The summed E-state index contributed by atoms with van der Waals surface area (Å²) in [5, 5.41) is 0. The zero-order chi connectivity index (χ0) is 15.7. The van der Waals surface area contributed by atoms with Gasteiger partial charge in [-0.25, -0.2) is 8.42 Å². The summed E-state index contributed by atoms with van der Waals surface area (Å²) in [5.74, 6) is 5.63. The Bertz CT molecular complexity index is 559. The molecule has 0 aromatic heterocycles. The van der Waals surface area contributed by atoms with E-state index in [4.69, 9.17) is 5.84 Å². The molecule has 6 heteroatoms. The van der Waals surface area contributed by atoms with E-state index >= 15 is 0 Å². The molecule has 0 aliphatic carbocycles. The van der Waals surface area contributed by atoms with Crippen molar-refractivity contribution in [2.45, 2.75) is 45.6 Å². The van der Waals surface area contributed by atoms with Gasteiger partial charge in [0.25, 0.3) is 0 Å². The van der Waals surface area contributed by atoms with Gasteiger partial charge in [-0.05, 0) is 49.9 Å². The summed E-state index contributed by atoms with van der Waals surface area (Å²) in [4.78, 5) is 0.367. The summed E-state index contributed by atoms with van der Waals surface area (Å²) in [6.45, 7) is 9.52. The van der Waals surface area contributed by atoms with Crippen molar-refractivity contribution in [3.05, 3.63) is 23.3 Å². The molecule has 0 saturated carbocycles. The molecule has 1 atom stereocenters. The first kappa shape index (κ1) is 16.9. The Morgan fingerprint density at radius 2 is 1.60 bits per heavy atom. The standard InChI is InChI=1S/C14H25N3O2S/c1-9(2)12(5)17(6)20(18,19)14-10(3)7-13(16-15)8-11(14)4/h7-9,12,16H,15H2,1-6H3.